The molecule has 1 saturated carbocycles. The molecule has 3 heterocycles. The van der Waals surface area contributed by atoms with Gasteiger partial charge in [0.25, 0.3) is 5.56 Å². The van der Waals surface area contributed by atoms with Crippen LogP contribution in [0.25, 0.3) is 10.9 Å². The van der Waals surface area contributed by atoms with Gasteiger partial charge in [-0.1, -0.05) is 33.1 Å². The van der Waals surface area contributed by atoms with Crippen molar-refractivity contribution in [1.82, 2.24) is 30.1 Å². The van der Waals surface area contributed by atoms with Crippen LogP contribution in [0.5, 0.6) is 5.75 Å². The molecule has 1 aliphatic carbocycles. The second kappa shape index (κ2) is 11.3. The van der Waals surface area contributed by atoms with E-state index in [9.17, 15) is 4.79 Å². The summed E-state index contributed by atoms with van der Waals surface area (Å²) in [4.78, 5) is 18.8. The number of ether oxygens (including phenoxy) is 1. The van der Waals surface area contributed by atoms with Crippen molar-refractivity contribution in [2.45, 2.75) is 78.0 Å². The van der Waals surface area contributed by atoms with Crippen molar-refractivity contribution in [3.05, 3.63) is 70.2 Å². The standard InChI is InChI=1S/C28H36N6O3/c1-4-36-23-12-13-25-20(16-23)15-21(28(35)29-25)17-33(22-9-6-5-7-10-22)26(19(2)3)27-30-31-32-34(27)18-24-11-8-14-37-24/h8,11-16,19,22,26H,4-7,9-10,17-18H2,1-3H3,(H,29,35)/t26-/m1/s1. The molecule has 4 aromatic rings. The predicted molar refractivity (Wildman–Crippen MR) is 141 cm³/mol. The number of aromatic nitrogens is 5. The van der Waals surface area contributed by atoms with Crippen molar-refractivity contribution >= 4 is 10.9 Å². The fraction of sp³-hybridized carbons (Fsp3) is 0.500. The van der Waals surface area contributed by atoms with Crippen LogP contribution in [0.4, 0.5) is 0 Å². The van der Waals surface area contributed by atoms with Crippen LogP contribution in [0.15, 0.2) is 51.9 Å². The summed E-state index contributed by atoms with van der Waals surface area (Å²) in [6, 6.07) is 11.9. The maximum atomic E-state index is 13.2. The number of fused-ring (bicyclic) bond motifs is 1. The van der Waals surface area contributed by atoms with E-state index in [0.717, 1.165) is 46.6 Å². The number of furan rings is 1. The van der Waals surface area contributed by atoms with E-state index >= 15 is 0 Å². The Morgan fingerprint density at radius 1 is 1.19 bits per heavy atom. The van der Waals surface area contributed by atoms with Crippen LogP contribution in [0.3, 0.4) is 0 Å². The minimum Gasteiger partial charge on any atom is -0.494 e. The highest BCUT2D eigenvalue weighted by Gasteiger charge is 2.35. The predicted octanol–water partition coefficient (Wildman–Crippen LogP) is 5.09. The van der Waals surface area contributed by atoms with E-state index in [1.165, 1.54) is 19.3 Å². The average Bonchev–Trinajstić information content (AvgIpc) is 3.57. The smallest absolute Gasteiger partial charge is 0.252 e. The minimum absolute atomic E-state index is 0.0575. The van der Waals surface area contributed by atoms with Gasteiger partial charge < -0.3 is 14.1 Å². The molecule has 0 unspecified atom stereocenters. The van der Waals surface area contributed by atoms with Gasteiger partial charge >= 0.3 is 0 Å². The van der Waals surface area contributed by atoms with Crippen LogP contribution in [0.2, 0.25) is 0 Å². The fourth-order valence-corrected chi connectivity index (χ4v) is 5.58. The van der Waals surface area contributed by atoms with Gasteiger partial charge in [0, 0.05) is 29.1 Å². The Kier molecular flexibility index (Phi) is 7.69. The van der Waals surface area contributed by atoms with Gasteiger partial charge in [-0.05, 0) is 72.5 Å². The molecule has 5 rings (SSSR count). The van der Waals surface area contributed by atoms with E-state index < -0.39 is 0 Å². The maximum absolute atomic E-state index is 13.2. The average molecular weight is 505 g/mol. The lowest BCUT2D eigenvalue weighted by molar-refractivity contribution is 0.0610. The van der Waals surface area contributed by atoms with Crippen molar-refractivity contribution in [2.24, 2.45) is 5.92 Å². The van der Waals surface area contributed by atoms with Crippen LogP contribution in [-0.4, -0.2) is 42.7 Å². The summed E-state index contributed by atoms with van der Waals surface area (Å²) in [5, 5.41) is 13.8. The molecule has 0 spiro atoms. The van der Waals surface area contributed by atoms with Gasteiger partial charge in [-0.2, -0.15) is 0 Å². The van der Waals surface area contributed by atoms with Crippen LogP contribution in [0, 0.1) is 5.92 Å². The van der Waals surface area contributed by atoms with Gasteiger partial charge in [0.1, 0.15) is 18.1 Å². The molecule has 0 bridgehead atoms. The Bertz CT molecular complexity index is 1350. The Morgan fingerprint density at radius 3 is 2.76 bits per heavy atom. The normalized spacial score (nSPS) is 15.6. The third kappa shape index (κ3) is 5.61. The van der Waals surface area contributed by atoms with E-state index in [4.69, 9.17) is 9.15 Å². The fourth-order valence-electron chi connectivity index (χ4n) is 5.58. The second-order valence-corrected chi connectivity index (χ2v) is 10.2. The molecular formula is C28H36N6O3. The molecule has 1 fully saturated rings. The summed E-state index contributed by atoms with van der Waals surface area (Å²) < 4.78 is 13.1. The van der Waals surface area contributed by atoms with Crippen LogP contribution in [-0.2, 0) is 13.1 Å². The monoisotopic (exact) mass is 504 g/mol. The molecule has 196 valence electrons. The number of hydrogen-bond acceptors (Lipinski definition) is 7. The van der Waals surface area contributed by atoms with Crippen LogP contribution in [0.1, 0.15) is 76.1 Å². The van der Waals surface area contributed by atoms with Crippen molar-refractivity contribution < 1.29 is 9.15 Å². The molecule has 37 heavy (non-hydrogen) atoms. The number of nitrogens with zero attached hydrogens (tertiary/aromatic N) is 5. The molecule has 1 atom stereocenters. The molecule has 0 radical (unpaired) electrons. The third-order valence-electron chi connectivity index (χ3n) is 7.30. The summed E-state index contributed by atoms with van der Waals surface area (Å²) in [7, 11) is 0. The molecular weight excluding hydrogens is 468 g/mol. The van der Waals surface area contributed by atoms with E-state index in [0.29, 0.717) is 25.7 Å². The largest absolute Gasteiger partial charge is 0.494 e. The Labute approximate surface area is 216 Å². The molecule has 0 saturated heterocycles. The van der Waals surface area contributed by atoms with Crippen molar-refractivity contribution in [3.63, 3.8) is 0 Å². The Hall–Kier alpha value is -3.46. The molecule has 0 amide bonds. The number of aromatic amines is 1. The van der Waals surface area contributed by atoms with Crippen molar-refractivity contribution in [3.8, 4) is 5.75 Å². The first-order chi connectivity index (χ1) is 18.0. The van der Waals surface area contributed by atoms with Crippen molar-refractivity contribution in [2.75, 3.05) is 6.61 Å². The Morgan fingerprint density at radius 2 is 2.03 bits per heavy atom. The molecule has 0 aliphatic heterocycles. The number of nitrogens with one attached hydrogen (secondary N) is 1. The lowest BCUT2D eigenvalue weighted by Gasteiger charge is -2.41. The summed E-state index contributed by atoms with van der Waals surface area (Å²) in [5.41, 5.74) is 1.49. The minimum atomic E-state index is -0.0600. The highest BCUT2D eigenvalue weighted by Crippen LogP contribution is 2.35. The van der Waals surface area contributed by atoms with E-state index in [1.54, 1.807) is 6.26 Å². The number of rotatable bonds is 10. The first kappa shape index (κ1) is 25.2. The lowest BCUT2D eigenvalue weighted by Crippen LogP contribution is -2.43. The first-order valence-corrected chi connectivity index (χ1v) is 13.4. The number of pyridine rings is 1. The van der Waals surface area contributed by atoms with E-state index in [-0.39, 0.29) is 17.5 Å². The molecule has 3 aromatic heterocycles. The van der Waals surface area contributed by atoms with Crippen LogP contribution < -0.4 is 10.3 Å². The zero-order valence-electron chi connectivity index (χ0n) is 21.9. The SMILES string of the molecule is CCOc1ccc2[nH]c(=O)c(CN(C3CCCCC3)[C@@H](c3nnnn3Cc3ccco3)C(C)C)cc2c1. The molecule has 9 heteroatoms. The summed E-state index contributed by atoms with van der Waals surface area (Å²) >= 11 is 0. The van der Waals surface area contributed by atoms with Gasteiger partial charge in [-0.25, -0.2) is 4.68 Å². The van der Waals surface area contributed by atoms with E-state index in [2.05, 4.69) is 39.3 Å². The summed E-state index contributed by atoms with van der Waals surface area (Å²) in [6.07, 6.45) is 7.50. The lowest BCUT2D eigenvalue weighted by atomic mass is 9.90. The van der Waals surface area contributed by atoms with Gasteiger partial charge in [0.2, 0.25) is 0 Å². The molecule has 1 N–H and O–H groups in total. The zero-order chi connectivity index (χ0) is 25.8. The third-order valence-corrected chi connectivity index (χ3v) is 7.30. The zero-order valence-corrected chi connectivity index (χ0v) is 21.9. The van der Waals surface area contributed by atoms with Gasteiger partial charge in [0.15, 0.2) is 5.82 Å². The quantitative estimate of drug-likeness (QED) is 0.321. The number of tetrazole rings is 1. The number of H-pyrrole nitrogens is 1. The van der Waals surface area contributed by atoms with Gasteiger partial charge in [0.05, 0.1) is 18.9 Å². The molecule has 1 aromatic carbocycles. The first-order valence-electron chi connectivity index (χ1n) is 13.4. The summed E-state index contributed by atoms with van der Waals surface area (Å²) in [5.74, 6) is 2.63. The van der Waals surface area contributed by atoms with Gasteiger partial charge in [-0.3, -0.25) is 9.69 Å². The maximum Gasteiger partial charge on any atom is 0.252 e. The van der Waals surface area contributed by atoms with Crippen LogP contribution >= 0.6 is 0 Å². The van der Waals surface area contributed by atoms with Gasteiger partial charge in [-0.15, -0.1) is 5.10 Å². The Balaban J connectivity index is 1.53. The second-order valence-electron chi connectivity index (χ2n) is 10.2. The molecule has 9 nitrogen and oxygen atoms in total. The summed E-state index contributed by atoms with van der Waals surface area (Å²) in [6.45, 7) is 7.95. The number of benzene rings is 1. The van der Waals surface area contributed by atoms with E-state index in [1.807, 2.05) is 48.0 Å². The number of hydrogen-bond donors (Lipinski definition) is 1. The molecule has 1 aliphatic rings. The topological polar surface area (TPSA) is 102 Å². The highest BCUT2D eigenvalue weighted by molar-refractivity contribution is 5.80. The highest BCUT2D eigenvalue weighted by atomic mass is 16.5. The van der Waals surface area contributed by atoms with Crippen molar-refractivity contribution in [1.29, 1.82) is 0 Å².